The molecule has 0 bridgehead atoms. The van der Waals surface area contributed by atoms with Crippen molar-refractivity contribution in [3.8, 4) is 6.07 Å². The van der Waals surface area contributed by atoms with Crippen LogP contribution in [0.5, 0.6) is 0 Å². The van der Waals surface area contributed by atoms with Crippen LogP contribution < -0.4 is 5.32 Å². The summed E-state index contributed by atoms with van der Waals surface area (Å²) in [5.74, 6) is -0.0976. The van der Waals surface area contributed by atoms with E-state index in [1.807, 2.05) is 6.07 Å². The molecule has 1 aromatic rings. The van der Waals surface area contributed by atoms with Gasteiger partial charge in [0, 0.05) is 25.6 Å². The number of carbonyl (C=O) groups excluding carboxylic acids is 1. The molecule has 1 aliphatic carbocycles. The highest BCUT2D eigenvalue weighted by Gasteiger charge is 2.31. The molecule has 1 aliphatic heterocycles. The Balaban J connectivity index is 1.48. The number of piperidine rings is 1. The molecule has 7 heteroatoms. The van der Waals surface area contributed by atoms with Crippen molar-refractivity contribution >= 4 is 15.9 Å². The molecule has 0 atom stereocenters. The fourth-order valence-electron chi connectivity index (χ4n) is 3.83. The van der Waals surface area contributed by atoms with Gasteiger partial charge in [-0.1, -0.05) is 11.6 Å². The maximum Gasteiger partial charge on any atom is 0.243 e. The Kier molecular flexibility index (Phi) is 6.87. The Morgan fingerprint density at radius 3 is 2.50 bits per heavy atom. The van der Waals surface area contributed by atoms with Gasteiger partial charge in [0.05, 0.1) is 16.5 Å². The van der Waals surface area contributed by atoms with E-state index in [2.05, 4.69) is 11.4 Å². The van der Waals surface area contributed by atoms with Crippen molar-refractivity contribution in [1.29, 1.82) is 5.26 Å². The van der Waals surface area contributed by atoms with Gasteiger partial charge >= 0.3 is 0 Å². The topological polar surface area (TPSA) is 90.3 Å². The first-order valence-corrected chi connectivity index (χ1v) is 11.4. The lowest BCUT2D eigenvalue weighted by atomic mass is 9.96. The van der Waals surface area contributed by atoms with Crippen LogP contribution >= 0.6 is 0 Å². The quantitative estimate of drug-likeness (QED) is 0.742. The SMILES string of the molecule is N#Cc1ccc(S(=O)(=O)N2CCC(C(=O)NCCC3=CCCCC3)CC2)cc1. The number of sulfonamides is 1. The number of allylic oxidation sites excluding steroid dienone is 1. The van der Waals surface area contributed by atoms with Crippen LogP contribution in [0.1, 0.15) is 50.5 Å². The van der Waals surface area contributed by atoms with Crippen molar-refractivity contribution < 1.29 is 13.2 Å². The van der Waals surface area contributed by atoms with E-state index < -0.39 is 10.0 Å². The van der Waals surface area contributed by atoms with Crippen molar-refractivity contribution in [2.75, 3.05) is 19.6 Å². The zero-order chi connectivity index (χ0) is 20.0. The Morgan fingerprint density at radius 2 is 1.89 bits per heavy atom. The molecule has 2 aliphatic rings. The minimum absolute atomic E-state index is 0.0341. The summed E-state index contributed by atoms with van der Waals surface area (Å²) in [6, 6.07) is 7.93. The van der Waals surface area contributed by atoms with Crippen molar-refractivity contribution in [1.82, 2.24) is 9.62 Å². The molecular weight excluding hydrogens is 374 g/mol. The second-order valence-corrected chi connectivity index (χ2v) is 9.40. The number of hydrogen-bond donors (Lipinski definition) is 1. The summed E-state index contributed by atoms with van der Waals surface area (Å²) in [7, 11) is -3.58. The molecule has 6 nitrogen and oxygen atoms in total. The number of nitrogens with zero attached hydrogens (tertiary/aromatic N) is 2. The van der Waals surface area contributed by atoms with Gasteiger partial charge in [0.25, 0.3) is 0 Å². The van der Waals surface area contributed by atoms with Gasteiger partial charge in [-0.15, -0.1) is 0 Å². The lowest BCUT2D eigenvalue weighted by molar-refractivity contribution is -0.126. The lowest BCUT2D eigenvalue weighted by Crippen LogP contribution is -2.43. The molecule has 0 radical (unpaired) electrons. The van der Waals surface area contributed by atoms with Crippen LogP contribution in [0.2, 0.25) is 0 Å². The van der Waals surface area contributed by atoms with E-state index in [1.165, 1.54) is 47.0 Å². The molecule has 28 heavy (non-hydrogen) atoms. The first kappa shape index (κ1) is 20.6. The molecule has 1 fully saturated rings. The van der Waals surface area contributed by atoms with Gasteiger partial charge in [0.1, 0.15) is 0 Å². The molecule has 0 saturated carbocycles. The minimum Gasteiger partial charge on any atom is -0.356 e. The normalized spacial score (nSPS) is 18.9. The van der Waals surface area contributed by atoms with Crippen LogP contribution in [0.15, 0.2) is 40.8 Å². The fourth-order valence-corrected chi connectivity index (χ4v) is 5.30. The second kappa shape index (κ2) is 9.35. The highest BCUT2D eigenvalue weighted by atomic mass is 32.2. The van der Waals surface area contributed by atoms with Crippen LogP contribution in [0.25, 0.3) is 0 Å². The summed E-state index contributed by atoms with van der Waals surface area (Å²) in [5.41, 5.74) is 1.87. The van der Waals surface area contributed by atoms with E-state index >= 15 is 0 Å². The summed E-state index contributed by atoms with van der Waals surface area (Å²) in [6.07, 6.45) is 9.07. The van der Waals surface area contributed by atoms with Crippen LogP contribution in [0.3, 0.4) is 0 Å². The molecule has 3 rings (SSSR count). The van der Waals surface area contributed by atoms with Gasteiger partial charge in [0.2, 0.25) is 15.9 Å². The van der Waals surface area contributed by atoms with Crippen molar-refractivity contribution in [3.05, 3.63) is 41.5 Å². The summed E-state index contributed by atoms with van der Waals surface area (Å²) in [6.45, 7) is 1.34. The van der Waals surface area contributed by atoms with E-state index in [1.54, 1.807) is 0 Å². The highest BCUT2D eigenvalue weighted by molar-refractivity contribution is 7.89. The molecule has 1 heterocycles. The molecule has 150 valence electrons. The maximum absolute atomic E-state index is 12.7. The molecular formula is C21H27N3O3S. The predicted molar refractivity (Wildman–Crippen MR) is 107 cm³/mol. The monoisotopic (exact) mass is 401 g/mol. The molecule has 0 unspecified atom stereocenters. The van der Waals surface area contributed by atoms with E-state index in [0.717, 1.165) is 19.3 Å². The van der Waals surface area contributed by atoms with Crippen LogP contribution in [0.4, 0.5) is 0 Å². The number of nitriles is 1. The third-order valence-electron chi connectivity index (χ3n) is 5.58. The van der Waals surface area contributed by atoms with Crippen molar-refractivity contribution in [3.63, 3.8) is 0 Å². The first-order chi connectivity index (χ1) is 13.5. The van der Waals surface area contributed by atoms with E-state index in [-0.39, 0.29) is 16.7 Å². The third-order valence-corrected chi connectivity index (χ3v) is 7.49. The molecule has 1 aromatic carbocycles. The number of nitrogens with one attached hydrogen (secondary N) is 1. The van der Waals surface area contributed by atoms with Gasteiger partial charge < -0.3 is 5.32 Å². The summed E-state index contributed by atoms with van der Waals surface area (Å²) in [5, 5.41) is 11.9. The number of amides is 1. The number of benzene rings is 1. The molecule has 1 saturated heterocycles. The Labute approximate surface area is 167 Å². The van der Waals surface area contributed by atoms with Gasteiger partial charge in [-0.3, -0.25) is 4.79 Å². The minimum atomic E-state index is -3.58. The standard InChI is InChI=1S/C21H27N3O3S/c22-16-18-6-8-20(9-7-18)28(26,27)24-14-11-19(12-15-24)21(25)23-13-10-17-4-2-1-3-5-17/h4,6-9,19H,1-3,5,10-15H2,(H,23,25). The van der Waals surface area contributed by atoms with Crippen LogP contribution in [-0.4, -0.2) is 38.3 Å². The zero-order valence-electron chi connectivity index (χ0n) is 16.1. The van der Waals surface area contributed by atoms with Crippen molar-refractivity contribution in [2.24, 2.45) is 5.92 Å². The van der Waals surface area contributed by atoms with Crippen LogP contribution in [-0.2, 0) is 14.8 Å². The van der Waals surface area contributed by atoms with E-state index in [4.69, 9.17) is 5.26 Å². The average molecular weight is 402 g/mol. The Bertz CT molecular complexity index is 861. The Morgan fingerprint density at radius 1 is 1.18 bits per heavy atom. The van der Waals surface area contributed by atoms with Crippen LogP contribution in [0, 0.1) is 17.2 Å². The predicted octanol–water partition coefficient (Wildman–Crippen LogP) is 2.97. The second-order valence-electron chi connectivity index (χ2n) is 7.46. The fraction of sp³-hybridized carbons (Fsp3) is 0.524. The largest absolute Gasteiger partial charge is 0.356 e. The zero-order valence-corrected chi connectivity index (χ0v) is 16.9. The molecule has 0 spiro atoms. The van der Waals surface area contributed by atoms with Crippen molar-refractivity contribution in [2.45, 2.75) is 49.8 Å². The summed E-state index contributed by atoms with van der Waals surface area (Å²) in [4.78, 5) is 12.6. The molecule has 1 amide bonds. The maximum atomic E-state index is 12.7. The first-order valence-electron chi connectivity index (χ1n) is 9.96. The number of carbonyl (C=O) groups is 1. The van der Waals surface area contributed by atoms with E-state index in [9.17, 15) is 13.2 Å². The van der Waals surface area contributed by atoms with Gasteiger partial charge in [-0.05, 0) is 69.2 Å². The molecule has 0 aromatic heterocycles. The van der Waals surface area contributed by atoms with Gasteiger partial charge in [-0.2, -0.15) is 9.57 Å². The van der Waals surface area contributed by atoms with E-state index in [0.29, 0.717) is 38.0 Å². The van der Waals surface area contributed by atoms with Gasteiger partial charge in [-0.25, -0.2) is 8.42 Å². The number of rotatable bonds is 6. The molecule has 1 N–H and O–H groups in total. The lowest BCUT2D eigenvalue weighted by Gasteiger charge is -2.30. The highest BCUT2D eigenvalue weighted by Crippen LogP contribution is 2.24. The van der Waals surface area contributed by atoms with Gasteiger partial charge in [0.15, 0.2) is 0 Å². The average Bonchev–Trinajstić information content (AvgIpc) is 2.74. The summed E-state index contributed by atoms with van der Waals surface area (Å²) >= 11 is 0. The smallest absolute Gasteiger partial charge is 0.243 e. The number of hydrogen-bond acceptors (Lipinski definition) is 4. The third kappa shape index (κ3) is 5.00. The summed E-state index contributed by atoms with van der Waals surface area (Å²) < 4.78 is 26.9. The Hall–Kier alpha value is -2.17.